The molecule has 1 aromatic heterocycles. The van der Waals surface area contributed by atoms with Crippen LogP contribution >= 0.6 is 0 Å². The van der Waals surface area contributed by atoms with E-state index in [0.717, 1.165) is 17.9 Å². The summed E-state index contributed by atoms with van der Waals surface area (Å²) >= 11 is 0. The molecule has 154 valence electrons. The summed E-state index contributed by atoms with van der Waals surface area (Å²) in [5.41, 5.74) is 0.804. The fourth-order valence-corrected chi connectivity index (χ4v) is 4.15. The zero-order valence-corrected chi connectivity index (χ0v) is 16.6. The first-order chi connectivity index (χ1) is 14.1. The van der Waals surface area contributed by atoms with E-state index in [4.69, 9.17) is 9.15 Å². The molecule has 2 aromatic rings. The lowest BCUT2D eigenvalue weighted by atomic mass is 10.0. The number of anilines is 2. The van der Waals surface area contributed by atoms with Crippen molar-refractivity contribution >= 4 is 23.5 Å². The molecule has 1 N–H and O–H groups in total. The van der Waals surface area contributed by atoms with Crippen molar-refractivity contribution in [3.05, 3.63) is 30.2 Å². The number of methoxy groups -OCH3 is 1. The van der Waals surface area contributed by atoms with Crippen LogP contribution in [0.5, 0.6) is 5.75 Å². The molecule has 1 saturated heterocycles. The Morgan fingerprint density at radius 2 is 2.00 bits per heavy atom. The Bertz CT molecular complexity index is 858. The first kappa shape index (κ1) is 19.4. The molecule has 1 aliphatic heterocycles. The molecule has 1 aliphatic carbocycles. The van der Waals surface area contributed by atoms with Crippen molar-refractivity contribution in [1.29, 1.82) is 0 Å². The standard InChI is InChI=1S/C21H26N4O4/c1-28-17-9-7-16(8-10-17)25-13-15(12-19(25)27)20-23-24-21(29-20)22-18(26)11-6-14-4-2-3-5-14/h7-10,14-15H,2-6,11-13H2,1H3,(H,22,24,26). The highest BCUT2D eigenvalue weighted by Crippen LogP contribution is 2.32. The van der Waals surface area contributed by atoms with E-state index >= 15 is 0 Å². The molecule has 1 saturated carbocycles. The second-order valence-electron chi connectivity index (χ2n) is 7.79. The van der Waals surface area contributed by atoms with Crippen LogP contribution in [0.15, 0.2) is 28.7 Å². The van der Waals surface area contributed by atoms with Crippen molar-refractivity contribution in [3.63, 3.8) is 0 Å². The summed E-state index contributed by atoms with van der Waals surface area (Å²) in [5.74, 6) is 1.48. The van der Waals surface area contributed by atoms with Crippen LogP contribution in [-0.2, 0) is 9.59 Å². The second kappa shape index (κ2) is 8.63. The number of benzene rings is 1. The van der Waals surface area contributed by atoms with Crippen LogP contribution in [0.1, 0.15) is 56.8 Å². The Morgan fingerprint density at radius 3 is 2.72 bits per heavy atom. The van der Waals surface area contributed by atoms with Gasteiger partial charge in [0.25, 0.3) is 0 Å². The summed E-state index contributed by atoms with van der Waals surface area (Å²) in [6.07, 6.45) is 6.65. The van der Waals surface area contributed by atoms with Gasteiger partial charge in [-0.15, -0.1) is 5.10 Å². The lowest BCUT2D eigenvalue weighted by Crippen LogP contribution is -2.24. The summed E-state index contributed by atoms with van der Waals surface area (Å²) in [5, 5.41) is 10.7. The van der Waals surface area contributed by atoms with Crippen molar-refractivity contribution in [3.8, 4) is 5.75 Å². The summed E-state index contributed by atoms with van der Waals surface area (Å²) in [6.45, 7) is 0.461. The Kier molecular flexibility index (Phi) is 5.78. The topological polar surface area (TPSA) is 97.6 Å². The highest BCUT2D eigenvalue weighted by atomic mass is 16.5. The van der Waals surface area contributed by atoms with Gasteiger partial charge in [-0.05, 0) is 36.6 Å². The molecule has 2 heterocycles. The zero-order chi connectivity index (χ0) is 20.2. The third-order valence-electron chi connectivity index (χ3n) is 5.80. The third kappa shape index (κ3) is 4.58. The predicted octanol–water partition coefficient (Wildman–Crippen LogP) is 3.51. The molecule has 2 fully saturated rings. The molecule has 4 rings (SSSR count). The minimum absolute atomic E-state index is 0.000478. The Balaban J connectivity index is 1.32. The molecule has 0 radical (unpaired) electrons. The van der Waals surface area contributed by atoms with Crippen LogP contribution in [0, 0.1) is 5.92 Å². The average Bonchev–Trinajstić information content (AvgIpc) is 3.48. The van der Waals surface area contributed by atoms with Crippen LogP contribution in [0.3, 0.4) is 0 Å². The number of rotatable bonds is 7. The van der Waals surface area contributed by atoms with Gasteiger partial charge in [0.1, 0.15) is 5.75 Å². The van der Waals surface area contributed by atoms with E-state index in [-0.39, 0.29) is 23.7 Å². The molecule has 8 nitrogen and oxygen atoms in total. The molecular weight excluding hydrogens is 372 g/mol. The number of nitrogens with zero attached hydrogens (tertiary/aromatic N) is 3. The van der Waals surface area contributed by atoms with Gasteiger partial charge in [0.05, 0.1) is 13.0 Å². The number of hydrogen-bond acceptors (Lipinski definition) is 6. The van der Waals surface area contributed by atoms with E-state index in [1.807, 2.05) is 24.3 Å². The SMILES string of the molecule is COc1ccc(N2CC(c3nnc(NC(=O)CCC4CCCC4)o3)CC2=O)cc1. The van der Waals surface area contributed by atoms with Gasteiger partial charge in [0.15, 0.2) is 0 Å². The minimum Gasteiger partial charge on any atom is -0.497 e. The summed E-state index contributed by atoms with van der Waals surface area (Å²) < 4.78 is 10.8. The van der Waals surface area contributed by atoms with E-state index in [0.29, 0.717) is 31.2 Å². The van der Waals surface area contributed by atoms with Crippen molar-refractivity contribution in [2.24, 2.45) is 5.92 Å². The first-order valence-corrected chi connectivity index (χ1v) is 10.2. The largest absolute Gasteiger partial charge is 0.497 e. The highest BCUT2D eigenvalue weighted by Gasteiger charge is 2.35. The second-order valence-corrected chi connectivity index (χ2v) is 7.79. The van der Waals surface area contributed by atoms with Crippen LogP contribution in [0.4, 0.5) is 11.7 Å². The van der Waals surface area contributed by atoms with E-state index in [1.54, 1.807) is 12.0 Å². The number of ether oxygens (including phenoxy) is 1. The number of hydrogen-bond donors (Lipinski definition) is 1. The Labute approximate surface area is 169 Å². The fourth-order valence-electron chi connectivity index (χ4n) is 4.15. The molecule has 2 aliphatic rings. The van der Waals surface area contributed by atoms with Gasteiger partial charge >= 0.3 is 6.01 Å². The molecule has 2 amide bonds. The van der Waals surface area contributed by atoms with Crippen molar-refractivity contribution in [2.75, 3.05) is 23.9 Å². The summed E-state index contributed by atoms with van der Waals surface area (Å²) in [7, 11) is 1.60. The van der Waals surface area contributed by atoms with E-state index in [1.165, 1.54) is 25.7 Å². The lowest BCUT2D eigenvalue weighted by molar-refractivity contribution is -0.117. The van der Waals surface area contributed by atoms with E-state index in [2.05, 4.69) is 15.5 Å². The minimum atomic E-state index is -0.193. The van der Waals surface area contributed by atoms with Gasteiger partial charge in [0.2, 0.25) is 17.7 Å². The third-order valence-corrected chi connectivity index (χ3v) is 5.80. The smallest absolute Gasteiger partial charge is 0.322 e. The summed E-state index contributed by atoms with van der Waals surface area (Å²) in [4.78, 5) is 26.3. The zero-order valence-electron chi connectivity index (χ0n) is 16.6. The number of nitrogens with one attached hydrogen (secondary N) is 1. The quantitative estimate of drug-likeness (QED) is 0.766. The monoisotopic (exact) mass is 398 g/mol. The molecule has 0 spiro atoms. The number of carbonyl (C=O) groups excluding carboxylic acids is 2. The lowest BCUT2D eigenvalue weighted by Gasteiger charge is -2.16. The van der Waals surface area contributed by atoms with Crippen LogP contribution in [-0.4, -0.2) is 35.7 Å². The predicted molar refractivity (Wildman–Crippen MR) is 107 cm³/mol. The molecule has 0 bridgehead atoms. The van der Waals surface area contributed by atoms with Gasteiger partial charge in [-0.1, -0.05) is 30.8 Å². The van der Waals surface area contributed by atoms with Crippen LogP contribution < -0.4 is 15.0 Å². The van der Waals surface area contributed by atoms with Crippen LogP contribution in [0.2, 0.25) is 0 Å². The van der Waals surface area contributed by atoms with E-state index < -0.39 is 0 Å². The molecule has 1 aromatic carbocycles. The maximum atomic E-state index is 12.4. The normalized spacial score (nSPS) is 19.7. The Hall–Kier alpha value is -2.90. The number of aromatic nitrogens is 2. The fraction of sp³-hybridized carbons (Fsp3) is 0.524. The maximum absolute atomic E-state index is 12.4. The van der Waals surface area contributed by atoms with Crippen molar-refractivity contribution < 1.29 is 18.7 Å². The molecular formula is C21H26N4O4. The number of amides is 2. The van der Waals surface area contributed by atoms with Gasteiger partial charge in [-0.25, -0.2) is 0 Å². The molecule has 1 atom stereocenters. The summed E-state index contributed by atoms with van der Waals surface area (Å²) in [6, 6.07) is 7.45. The highest BCUT2D eigenvalue weighted by molar-refractivity contribution is 5.96. The van der Waals surface area contributed by atoms with Crippen molar-refractivity contribution in [2.45, 2.75) is 50.9 Å². The molecule has 29 heavy (non-hydrogen) atoms. The van der Waals surface area contributed by atoms with E-state index in [9.17, 15) is 9.59 Å². The molecule has 1 unspecified atom stereocenters. The van der Waals surface area contributed by atoms with Gasteiger partial charge in [-0.3, -0.25) is 14.9 Å². The maximum Gasteiger partial charge on any atom is 0.322 e. The van der Waals surface area contributed by atoms with Gasteiger partial charge < -0.3 is 14.1 Å². The average molecular weight is 398 g/mol. The molecule has 8 heteroatoms. The van der Waals surface area contributed by atoms with Gasteiger partial charge in [0, 0.05) is 25.1 Å². The van der Waals surface area contributed by atoms with Crippen LogP contribution in [0.25, 0.3) is 0 Å². The number of carbonyl (C=O) groups is 2. The van der Waals surface area contributed by atoms with Crippen molar-refractivity contribution in [1.82, 2.24) is 10.2 Å². The first-order valence-electron chi connectivity index (χ1n) is 10.2. The van der Waals surface area contributed by atoms with Gasteiger partial charge in [-0.2, -0.15) is 0 Å². The Morgan fingerprint density at radius 1 is 1.24 bits per heavy atom.